The normalized spacial score (nSPS) is 10.9. The van der Waals surface area contributed by atoms with Gasteiger partial charge < -0.3 is 4.90 Å². The fourth-order valence-electron chi connectivity index (χ4n) is 2.01. The molecule has 0 spiro atoms. The van der Waals surface area contributed by atoms with Crippen LogP contribution < -0.4 is 4.90 Å². The number of pyridine rings is 3. The van der Waals surface area contributed by atoms with Gasteiger partial charge in [-0.3, -0.25) is 9.97 Å². The van der Waals surface area contributed by atoms with Gasteiger partial charge in [0.1, 0.15) is 5.82 Å². The summed E-state index contributed by atoms with van der Waals surface area (Å²) in [6, 6.07) is 3.92. The topological polar surface area (TPSA) is 41.9 Å². The quantitative estimate of drug-likeness (QED) is 0.594. The summed E-state index contributed by atoms with van der Waals surface area (Å²) < 4.78 is 0. The number of fused-ring (bicyclic) bond motifs is 3. The molecule has 3 aromatic rings. The van der Waals surface area contributed by atoms with Crippen LogP contribution in [-0.4, -0.2) is 29.0 Å². The van der Waals surface area contributed by atoms with Gasteiger partial charge in [-0.2, -0.15) is 0 Å². The second kappa shape index (κ2) is 3.66. The minimum absolute atomic E-state index is 0.948. The van der Waals surface area contributed by atoms with Crippen molar-refractivity contribution >= 4 is 27.5 Å². The lowest BCUT2D eigenvalue weighted by Gasteiger charge is -2.15. The van der Waals surface area contributed by atoms with Crippen molar-refractivity contribution in [2.75, 3.05) is 19.0 Å². The maximum Gasteiger partial charge on any atom is 0.136 e. The van der Waals surface area contributed by atoms with E-state index in [0.29, 0.717) is 0 Å². The predicted octanol–water partition coefficient (Wildman–Crippen LogP) is 2.24. The number of hydrogen-bond acceptors (Lipinski definition) is 4. The van der Waals surface area contributed by atoms with Crippen LogP contribution in [0, 0.1) is 0 Å². The molecule has 0 radical (unpaired) electrons. The van der Waals surface area contributed by atoms with Gasteiger partial charge in [-0.1, -0.05) is 0 Å². The molecule has 0 saturated heterocycles. The molecule has 84 valence electrons. The van der Waals surface area contributed by atoms with Crippen LogP contribution in [0.1, 0.15) is 0 Å². The smallest absolute Gasteiger partial charge is 0.136 e. The molecule has 3 rings (SSSR count). The van der Waals surface area contributed by atoms with E-state index in [9.17, 15) is 0 Å². The summed E-state index contributed by atoms with van der Waals surface area (Å²) in [5.74, 6) is 0.959. The molecule has 0 aromatic carbocycles. The van der Waals surface area contributed by atoms with Crippen LogP contribution in [0.3, 0.4) is 0 Å². The highest BCUT2D eigenvalue weighted by Crippen LogP contribution is 2.28. The molecule has 0 aliphatic carbocycles. The van der Waals surface area contributed by atoms with Crippen LogP contribution in [0.15, 0.2) is 36.9 Å². The summed E-state index contributed by atoms with van der Waals surface area (Å²) >= 11 is 0. The lowest BCUT2D eigenvalue weighted by molar-refractivity contribution is 1.09. The molecule has 0 saturated carbocycles. The molecular formula is C13H12N4. The Hall–Kier alpha value is -2.23. The van der Waals surface area contributed by atoms with Crippen LogP contribution in [0.5, 0.6) is 0 Å². The van der Waals surface area contributed by atoms with Gasteiger partial charge in [0, 0.05) is 55.0 Å². The molecule has 3 heterocycles. The van der Waals surface area contributed by atoms with Gasteiger partial charge in [0.2, 0.25) is 0 Å². The lowest BCUT2D eigenvalue weighted by atomic mass is 10.1. The maximum atomic E-state index is 4.66. The minimum Gasteiger partial charge on any atom is -0.362 e. The van der Waals surface area contributed by atoms with E-state index in [-0.39, 0.29) is 0 Å². The molecule has 0 amide bonds. The van der Waals surface area contributed by atoms with Crippen LogP contribution in [0.2, 0.25) is 0 Å². The number of aromatic nitrogens is 3. The Balaban J connectivity index is 2.55. The summed E-state index contributed by atoms with van der Waals surface area (Å²) in [4.78, 5) is 15.0. The molecule has 0 N–H and O–H groups in total. The van der Waals surface area contributed by atoms with Crippen molar-refractivity contribution in [3.8, 4) is 0 Å². The van der Waals surface area contributed by atoms with Crippen molar-refractivity contribution in [1.82, 2.24) is 15.0 Å². The SMILES string of the molecule is CN(C)c1nc2ccncc2c2cnccc12. The van der Waals surface area contributed by atoms with E-state index in [0.717, 1.165) is 27.5 Å². The van der Waals surface area contributed by atoms with Gasteiger partial charge in [0.15, 0.2) is 0 Å². The second-order valence-electron chi connectivity index (χ2n) is 4.14. The van der Waals surface area contributed by atoms with E-state index in [2.05, 4.69) is 15.0 Å². The third-order valence-corrected chi connectivity index (χ3v) is 2.80. The number of hydrogen-bond donors (Lipinski definition) is 0. The third-order valence-electron chi connectivity index (χ3n) is 2.80. The largest absolute Gasteiger partial charge is 0.362 e. The van der Waals surface area contributed by atoms with E-state index in [1.165, 1.54) is 0 Å². The Bertz CT molecular complexity index is 691. The van der Waals surface area contributed by atoms with Gasteiger partial charge in [0.05, 0.1) is 5.52 Å². The van der Waals surface area contributed by atoms with Crippen molar-refractivity contribution in [3.05, 3.63) is 36.9 Å². The second-order valence-corrected chi connectivity index (χ2v) is 4.14. The molecular weight excluding hydrogens is 212 g/mol. The van der Waals surface area contributed by atoms with Gasteiger partial charge in [0.25, 0.3) is 0 Å². The van der Waals surface area contributed by atoms with E-state index in [1.807, 2.05) is 43.5 Å². The van der Waals surface area contributed by atoms with Crippen molar-refractivity contribution in [2.24, 2.45) is 0 Å². The number of anilines is 1. The average Bonchev–Trinajstić information content (AvgIpc) is 2.37. The average molecular weight is 224 g/mol. The summed E-state index contributed by atoms with van der Waals surface area (Å²) in [5, 5.41) is 3.24. The van der Waals surface area contributed by atoms with Crippen LogP contribution in [0.25, 0.3) is 21.7 Å². The molecule has 0 bridgehead atoms. The fraction of sp³-hybridized carbons (Fsp3) is 0.154. The van der Waals surface area contributed by atoms with Crippen molar-refractivity contribution < 1.29 is 0 Å². The molecule has 0 unspecified atom stereocenters. The van der Waals surface area contributed by atoms with Crippen LogP contribution in [-0.2, 0) is 0 Å². The summed E-state index contributed by atoms with van der Waals surface area (Å²) in [6.45, 7) is 0. The monoisotopic (exact) mass is 224 g/mol. The zero-order chi connectivity index (χ0) is 11.8. The highest BCUT2D eigenvalue weighted by Gasteiger charge is 2.09. The highest BCUT2D eigenvalue weighted by molar-refractivity contribution is 6.09. The number of nitrogens with zero attached hydrogens (tertiary/aromatic N) is 4. The summed E-state index contributed by atoms with van der Waals surface area (Å²) in [5.41, 5.74) is 0.948. The van der Waals surface area contributed by atoms with Gasteiger partial charge in [-0.25, -0.2) is 4.98 Å². The van der Waals surface area contributed by atoms with Crippen molar-refractivity contribution in [2.45, 2.75) is 0 Å². The van der Waals surface area contributed by atoms with Crippen LogP contribution >= 0.6 is 0 Å². The first-order valence-corrected chi connectivity index (χ1v) is 5.42. The molecule has 0 fully saturated rings. The Kier molecular flexibility index (Phi) is 2.14. The maximum absolute atomic E-state index is 4.66. The van der Waals surface area contributed by atoms with E-state index in [1.54, 1.807) is 12.4 Å². The molecule has 4 nitrogen and oxygen atoms in total. The first-order chi connectivity index (χ1) is 8.27. The van der Waals surface area contributed by atoms with Gasteiger partial charge >= 0.3 is 0 Å². The van der Waals surface area contributed by atoms with E-state index < -0.39 is 0 Å². The lowest BCUT2D eigenvalue weighted by Crippen LogP contribution is -2.11. The molecule has 0 atom stereocenters. The molecule has 4 heteroatoms. The first kappa shape index (κ1) is 9.96. The third kappa shape index (κ3) is 1.49. The zero-order valence-electron chi connectivity index (χ0n) is 9.75. The Labute approximate surface area is 98.9 Å². The molecule has 0 aliphatic rings. The first-order valence-electron chi connectivity index (χ1n) is 5.42. The standard InChI is InChI=1S/C13H12N4/c1-17(2)13-9-3-5-14-7-10(9)11-8-15-6-4-12(11)16-13/h3-8H,1-2H3. The van der Waals surface area contributed by atoms with E-state index >= 15 is 0 Å². The molecule has 3 aromatic heterocycles. The Morgan fingerprint density at radius 1 is 0.882 bits per heavy atom. The molecule has 17 heavy (non-hydrogen) atoms. The fourth-order valence-corrected chi connectivity index (χ4v) is 2.01. The Morgan fingerprint density at radius 2 is 1.59 bits per heavy atom. The molecule has 0 aliphatic heterocycles. The zero-order valence-corrected chi connectivity index (χ0v) is 9.75. The van der Waals surface area contributed by atoms with Crippen molar-refractivity contribution in [1.29, 1.82) is 0 Å². The number of rotatable bonds is 1. The summed E-state index contributed by atoms with van der Waals surface area (Å²) in [7, 11) is 3.99. The van der Waals surface area contributed by atoms with Crippen molar-refractivity contribution in [3.63, 3.8) is 0 Å². The minimum atomic E-state index is 0.948. The van der Waals surface area contributed by atoms with Gasteiger partial charge in [-0.15, -0.1) is 0 Å². The Morgan fingerprint density at radius 3 is 2.35 bits per heavy atom. The predicted molar refractivity (Wildman–Crippen MR) is 69.2 cm³/mol. The van der Waals surface area contributed by atoms with Crippen LogP contribution in [0.4, 0.5) is 5.82 Å². The van der Waals surface area contributed by atoms with Gasteiger partial charge in [-0.05, 0) is 12.1 Å². The highest BCUT2D eigenvalue weighted by atomic mass is 15.1. The van der Waals surface area contributed by atoms with E-state index in [4.69, 9.17) is 0 Å². The summed E-state index contributed by atoms with van der Waals surface area (Å²) in [6.07, 6.45) is 7.26.